The molecule has 2 amide bonds. The van der Waals surface area contributed by atoms with Gasteiger partial charge in [-0.1, -0.05) is 59.1 Å². The van der Waals surface area contributed by atoms with E-state index in [1.165, 1.54) is 14.5 Å². The molecule has 0 radical (unpaired) electrons. The van der Waals surface area contributed by atoms with Gasteiger partial charge in [-0.3, -0.25) is 14.4 Å². The molecule has 1 aromatic heterocycles. The highest BCUT2D eigenvalue weighted by Gasteiger charge is 2.30. The van der Waals surface area contributed by atoms with E-state index in [0.29, 0.717) is 58.1 Å². The van der Waals surface area contributed by atoms with Crippen LogP contribution < -0.4 is 15.2 Å². The number of aromatic nitrogens is 2. The molecule has 1 fully saturated rings. The Morgan fingerprint density at radius 1 is 0.907 bits per heavy atom. The van der Waals surface area contributed by atoms with E-state index in [4.69, 9.17) is 39.5 Å². The summed E-state index contributed by atoms with van der Waals surface area (Å²) >= 11 is 18.7. The van der Waals surface area contributed by atoms with E-state index in [9.17, 15) is 14.4 Å². The highest BCUT2D eigenvalue weighted by Crippen LogP contribution is 2.30. The first-order chi connectivity index (χ1) is 20.7. The molecule has 0 saturated carbocycles. The van der Waals surface area contributed by atoms with Gasteiger partial charge in [-0.15, -0.1) is 0 Å². The van der Waals surface area contributed by atoms with E-state index in [2.05, 4.69) is 5.10 Å². The number of rotatable bonds is 7. The first kappa shape index (κ1) is 30.4. The summed E-state index contributed by atoms with van der Waals surface area (Å²) in [6.45, 7) is 3.62. The van der Waals surface area contributed by atoms with Crippen LogP contribution in [-0.2, 0) is 16.1 Å². The highest BCUT2D eigenvalue weighted by atomic mass is 35.5. The molecule has 0 atom stereocenters. The predicted octanol–water partition coefficient (Wildman–Crippen LogP) is 5.68. The standard InChI is InChI=1S/C31H28Cl3N5O4/c1-2-36(20-21-8-9-23(33)18-27(21)43-25-12-10-22(32)11-13-25)30(41)31(42)38-16-14-37(15-17-38)26-19-35-39(29(40)28(26)34)24-6-4-3-5-7-24/h3-13,18-19H,2,14-17,20H2,1H3. The van der Waals surface area contributed by atoms with E-state index < -0.39 is 17.4 Å². The molecule has 3 aromatic carbocycles. The quantitative estimate of drug-likeness (QED) is 0.242. The molecule has 0 bridgehead atoms. The van der Waals surface area contributed by atoms with Crippen LogP contribution in [0.5, 0.6) is 11.5 Å². The van der Waals surface area contributed by atoms with E-state index in [1.807, 2.05) is 30.0 Å². The van der Waals surface area contributed by atoms with Crippen molar-refractivity contribution in [2.24, 2.45) is 0 Å². The number of hydrogen-bond donors (Lipinski definition) is 0. The fourth-order valence-corrected chi connectivity index (χ4v) is 5.27. The lowest BCUT2D eigenvalue weighted by atomic mass is 10.1. The van der Waals surface area contributed by atoms with Crippen LogP contribution in [0.2, 0.25) is 15.1 Å². The molecule has 1 saturated heterocycles. The number of carbonyl (C=O) groups is 2. The Morgan fingerprint density at radius 2 is 1.58 bits per heavy atom. The van der Waals surface area contributed by atoms with E-state index in [-0.39, 0.29) is 24.7 Å². The van der Waals surface area contributed by atoms with Crippen LogP contribution in [0.1, 0.15) is 12.5 Å². The molecule has 0 spiro atoms. The lowest BCUT2D eigenvalue weighted by Gasteiger charge is -2.36. The highest BCUT2D eigenvalue weighted by molar-refractivity contribution is 6.35. The van der Waals surface area contributed by atoms with Gasteiger partial charge in [0.2, 0.25) is 0 Å². The molecule has 1 aliphatic rings. The summed E-state index contributed by atoms with van der Waals surface area (Å²) in [6.07, 6.45) is 1.55. The average molecular weight is 641 g/mol. The van der Waals surface area contributed by atoms with Crippen molar-refractivity contribution in [2.75, 3.05) is 37.6 Å². The second-order valence-electron chi connectivity index (χ2n) is 9.80. The number of nitrogens with zero attached hydrogens (tertiary/aromatic N) is 5. The fourth-order valence-electron chi connectivity index (χ4n) is 4.74. The predicted molar refractivity (Wildman–Crippen MR) is 168 cm³/mol. The number of hydrogen-bond acceptors (Lipinski definition) is 6. The van der Waals surface area contributed by atoms with Crippen molar-refractivity contribution in [1.29, 1.82) is 0 Å². The number of likely N-dealkylation sites (N-methyl/N-ethyl adjacent to an activating group) is 1. The number of carbonyl (C=O) groups excluding carboxylic acids is 2. The normalized spacial score (nSPS) is 13.1. The third-order valence-electron chi connectivity index (χ3n) is 7.09. The third-order valence-corrected chi connectivity index (χ3v) is 7.93. The van der Waals surface area contributed by atoms with E-state index >= 15 is 0 Å². The third kappa shape index (κ3) is 6.96. The number of anilines is 1. The molecule has 5 rings (SSSR count). The Kier molecular flexibility index (Phi) is 9.55. The molecule has 2 heterocycles. The van der Waals surface area contributed by atoms with E-state index in [0.717, 1.165) is 0 Å². The number of piperazine rings is 1. The van der Waals surface area contributed by atoms with Crippen LogP contribution in [0.3, 0.4) is 0 Å². The molecule has 0 aliphatic carbocycles. The fraction of sp³-hybridized carbons (Fsp3) is 0.226. The van der Waals surface area contributed by atoms with Gasteiger partial charge in [-0.2, -0.15) is 9.78 Å². The van der Waals surface area contributed by atoms with Gasteiger partial charge in [0.25, 0.3) is 5.56 Å². The van der Waals surface area contributed by atoms with Gasteiger partial charge in [0, 0.05) is 54.9 Å². The minimum atomic E-state index is -0.617. The van der Waals surface area contributed by atoms with E-state index in [1.54, 1.807) is 60.8 Å². The van der Waals surface area contributed by atoms with Crippen molar-refractivity contribution < 1.29 is 14.3 Å². The summed E-state index contributed by atoms with van der Waals surface area (Å²) in [5, 5.41) is 5.40. The molecule has 0 N–H and O–H groups in total. The lowest BCUT2D eigenvalue weighted by molar-refractivity contribution is -0.152. The zero-order chi connectivity index (χ0) is 30.5. The van der Waals surface area contributed by atoms with Gasteiger partial charge in [0.05, 0.1) is 17.6 Å². The van der Waals surface area contributed by atoms with Crippen molar-refractivity contribution in [3.8, 4) is 17.2 Å². The zero-order valence-electron chi connectivity index (χ0n) is 23.3. The van der Waals surface area contributed by atoms with Crippen molar-refractivity contribution in [3.05, 3.63) is 110 Å². The number of halogens is 3. The van der Waals surface area contributed by atoms with Crippen molar-refractivity contribution >= 4 is 52.3 Å². The maximum absolute atomic E-state index is 13.3. The average Bonchev–Trinajstić information content (AvgIpc) is 3.03. The summed E-state index contributed by atoms with van der Waals surface area (Å²) in [5.74, 6) is -0.182. The molecular formula is C31H28Cl3N5O4. The number of ether oxygens (including phenoxy) is 1. The molecule has 9 nitrogen and oxygen atoms in total. The van der Waals surface area contributed by atoms with Gasteiger partial charge in [0.15, 0.2) is 0 Å². The molecule has 43 heavy (non-hydrogen) atoms. The second-order valence-corrected chi connectivity index (χ2v) is 11.1. The minimum absolute atomic E-state index is 0.0476. The second kappa shape index (κ2) is 13.5. The largest absolute Gasteiger partial charge is 0.457 e. The number of para-hydroxylation sites is 1. The summed E-state index contributed by atoms with van der Waals surface area (Å²) in [4.78, 5) is 44.4. The summed E-state index contributed by atoms with van der Waals surface area (Å²) in [7, 11) is 0. The van der Waals surface area contributed by atoms with Gasteiger partial charge in [-0.05, 0) is 55.5 Å². The Balaban J connectivity index is 1.24. The SMILES string of the molecule is CCN(Cc1ccc(Cl)cc1Oc1ccc(Cl)cc1)C(=O)C(=O)N1CCN(c2cnn(-c3ccccc3)c(=O)c2Cl)CC1. The topological polar surface area (TPSA) is 88.0 Å². The summed E-state index contributed by atoms with van der Waals surface area (Å²) < 4.78 is 7.28. The summed E-state index contributed by atoms with van der Waals surface area (Å²) in [5.41, 5.74) is 1.36. The zero-order valence-corrected chi connectivity index (χ0v) is 25.5. The Morgan fingerprint density at radius 3 is 2.26 bits per heavy atom. The lowest BCUT2D eigenvalue weighted by Crippen LogP contribution is -2.53. The Labute approximate surface area is 263 Å². The molecule has 0 unspecified atom stereocenters. The van der Waals surface area contributed by atoms with Crippen LogP contribution in [0, 0.1) is 0 Å². The molecule has 12 heteroatoms. The van der Waals surface area contributed by atoms with Crippen LogP contribution in [0.15, 0.2) is 83.8 Å². The minimum Gasteiger partial charge on any atom is -0.457 e. The van der Waals surface area contributed by atoms with Crippen LogP contribution in [-0.4, -0.2) is 64.1 Å². The molecule has 4 aromatic rings. The van der Waals surface area contributed by atoms with Crippen LogP contribution in [0.25, 0.3) is 5.69 Å². The smallest absolute Gasteiger partial charge is 0.312 e. The van der Waals surface area contributed by atoms with Crippen molar-refractivity contribution in [2.45, 2.75) is 13.5 Å². The van der Waals surface area contributed by atoms with Crippen LogP contribution >= 0.6 is 34.8 Å². The monoisotopic (exact) mass is 639 g/mol. The molecule has 1 aliphatic heterocycles. The first-order valence-corrected chi connectivity index (χ1v) is 14.8. The van der Waals surface area contributed by atoms with Crippen LogP contribution in [0.4, 0.5) is 5.69 Å². The van der Waals surface area contributed by atoms with Gasteiger partial charge in [0.1, 0.15) is 16.5 Å². The van der Waals surface area contributed by atoms with Gasteiger partial charge >= 0.3 is 11.8 Å². The van der Waals surface area contributed by atoms with Gasteiger partial charge < -0.3 is 19.4 Å². The summed E-state index contributed by atoms with van der Waals surface area (Å²) in [6, 6.07) is 21.1. The first-order valence-electron chi connectivity index (χ1n) is 13.6. The van der Waals surface area contributed by atoms with Gasteiger partial charge in [-0.25, -0.2) is 0 Å². The molecular weight excluding hydrogens is 613 g/mol. The van der Waals surface area contributed by atoms with Crippen molar-refractivity contribution in [3.63, 3.8) is 0 Å². The maximum Gasteiger partial charge on any atom is 0.312 e. The molecule has 222 valence electrons. The Bertz CT molecular complexity index is 1670. The van der Waals surface area contributed by atoms with Crippen molar-refractivity contribution in [1.82, 2.24) is 19.6 Å². The maximum atomic E-state index is 13.3. The Hall–Kier alpha value is -4.05. The number of benzene rings is 3. The number of amides is 2.